The zero-order chi connectivity index (χ0) is 13.8. The fourth-order valence-electron chi connectivity index (χ4n) is 2.54. The summed E-state index contributed by atoms with van der Waals surface area (Å²) < 4.78 is 0. The van der Waals surface area contributed by atoms with Gasteiger partial charge in [0.15, 0.2) is 0 Å². The molecule has 0 radical (unpaired) electrons. The summed E-state index contributed by atoms with van der Waals surface area (Å²) in [6, 6.07) is 13.0. The molecule has 1 heteroatoms. The number of hydrogen-bond donors (Lipinski definition) is 1. The standard InChI is InChI=1S/C18H23N/c1-5-15-11-8-12-16(6-2)18(15)19-17-13(3)9-7-10-14(17)4/h7-12,19H,5-6H2,1-4H3. The van der Waals surface area contributed by atoms with E-state index in [0.717, 1.165) is 12.8 Å². The summed E-state index contributed by atoms with van der Waals surface area (Å²) in [7, 11) is 0. The van der Waals surface area contributed by atoms with Crippen LogP contribution in [-0.2, 0) is 12.8 Å². The molecule has 2 aromatic rings. The molecule has 0 aromatic heterocycles. The molecule has 0 spiro atoms. The zero-order valence-corrected chi connectivity index (χ0v) is 12.4. The van der Waals surface area contributed by atoms with Crippen molar-refractivity contribution in [2.45, 2.75) is 40.5 Å². The van der Waals surface area contributed by atoms with E-state index in [1.165, 1.54) is 33.6 Å². The van der Waals surface area contributed by atoms with Crippen LogP contribution in [0.4, 0.5) is 11.4 Å². The molecule has 2 rings (SSSR count). The molecule has 1 nitrogen and oxygen atoms in total. The van der Waals surface area contributed by atoms with Gasteiger partial charge in [0.1, 0.15) is 0 Å². The van der Waals surface area contributed by atoms with Crippen LogP contribution < -0.4 is 5.32 Å². The van der Waals surface area contributed by atoms with Crippen molar-refractivity contribution in [1.29, 1.82) is 0 Å². The van der Waals surface area contributed by atoms with Crippen LogP contribution in [0.1, 0.15) is 36.1 Å². The van der Waals surface area contributed by atoms with E-state index in [4.69, 9.17) is 0 Å². The van der Waals surface area contributed by atoms with Gasteiger partial charge in [0, 0.05) is 11.4 Å². The molecule has 0 bridgehead atoms. The van der Waals surface area contributed by atoms with Crippen LogP contribution in [0, 0.1) is 13.8 Å². The maximum atomic E-state index is 3.68. The van der Waals surface area contributed by atoms with E-state index in [-0.39, 0.29) is 0 Å². The highest BCUT2D eigenvalue weighted by atomic mass is 14.9. The predicted molar refractivity (Wildman–Crippen MR) is 84.4 cm³/mol. The van der Waals surface area contributed by atoms with Gasteiger partial charge in [-0.3, -0.25) is 0 Å². The lowest BCUT2D eigenvalue weighted by atomic mass is 10.0. The Morgan fingerprint density at radius 1 is 0.737 bits per heavy atom. The summed E-state index contributed by atoms with van der Waals surface area (Å²) in [6.07, 6.45) is 2.11. The van der Waals surface area contributed by atoms with E-state index in [9.17, 15) is 0 Å². The Morgan fingerprint density at radius 3 is 1.68 bits per heavy atom. The topological polar surface area (TPSA) is 12.0 Å². The van der Waals surface area contributed by atoms with Crippen LogP contribution in [0.3, 0.4) is 0 Å². The van der Waals surface area contributed by atoms with Gasteiger partial charge >= 0.3 is 0 Å². The third-order valence-electron chi connectivity index (χ3n) is 3.73. The summed E-state index contributed by atoms with van der Waals surface area (Å²) in [5.41, 5.74) is 7.92. The van der Waals surface area contributed by atoms with Crippen molar-refractivity contribution < 1.29 is 0 Å². The monoisotopic (exact) mass is 253 g/mol. The van der Waals surface area contributed by atoms with Crippen LogP contribution in [-0.4, -0.2) is 0 Å². The van der Waals surface area contributed by atoms with Gasteiger partial charge in [0.05, 0.1) is 0 Å². The summed E-state index contributed by atoms with van der Waals surface area (Å²) in [5.74, 6) is 0. The molecular weight excluding hydrogens is 230 g/mol. The molecular formula is C18H23N. The maximum absolute atomic E-state index is 3.68. The number of hydrogen-bond acceptors (Lipinski definition) is 1. The average molecular weight is 253 g/mol. The van der Waals surface area contributed by atoms with E-state index in [1.54, 1.807) is 0 Å². The molecule has 0 saturated carbocycles. The van der Waals surface area contributed by atoms with Crippen molar-refractivity contribution in [3.05, 3.63) is 58.7 Å². The smallest absolute Gasteiger partial charge is 0.0449 e. The van der Waals surface area contributed by atoms with Crippen molar-refractivity contribution in [3.8, 4) is 0 Å². The minimum atomic E-state index is 1.06. The van der Waals surface area contributed by atoms with Gasteiger partial charge in [-0.2, -0.15) is 0 Å². The largest absolute Gasteiger partial charge is 0.355 e. The second-order valence-corrected chi connectivity index (χ2v) is 5.05. The summed E-state index contributed by atoms with van der Waals surface area (Å²) in [4.78, 5) is 0. The minimum absolute atomic E-state index is 1.06. The Kier molecular flexibility index (Phi) is 4.26. The van der Waals surface area contributed by atoms with E-state index < -0.39 is 0 Å². The molecule has 0 unspecified atom stereocenters. The van der Waals surface area contributed by atoms with Crippen LogP contribution in [0.2, 0.25) is 0 Å². The lowest BCUT2D eigenvalue weighted by molar-refractivity contribution is 1.09. The summed E-state index contributed by atoms with van der Waals surface area (Å²) >= 11 is 0. The SMILES string of the molecule is CCc1cccc(CC)c1Nc1c(C)cccc1C. The van der Waals surface area contributed by atoms with Gasteiger partial charge in [-0.15, -0.1) is 0 Å². The number of para-hydroxylation sites is 2. The summed E-state index contributed by atoms with van der Waals surface area (Å²) in [5, 5.41) is 3.68. The first-order valence-electron chi connectivity index (χ1n) is 7.11. The number of rotatable bonds is 4. The van der Waals surface area contributed by atoms with Crippen LogP contribution in [0.5, 0.6) is 0 Å². The molecule has 0 saturated heterocycles. The Balaban J connectivity index is 2.48. The van der Waals surface area contributed by atoms with Gasteiger partial charge < -0.3 is 5.32 Å². The molecule has 19 heavy (non-hydrogen) atoms. The second-order valence-electron chi connectivity index (χ2n) is 5.05. The third kappa shape index (κ3) is 2.81. The lowest BCUT2D eigenvalue weighted by Gasteiger charge is -2.18. The quantitative estimate of drug-likeness (QED) is 0.792. The Labute approximate surface area is 116 Å². The maximum Gasteiger partial charge on any atom is 0.0449 e. The number of nitrogens with one attached hydrogen (secondary N) is 1. The van der Waals surface area contributed by atoms with Gasteiger partial charge in [0.2, 0.25) is 0 Å². The van der Waals surface area contributed by atoms with E-state index in [0.29, 0.717) is 0 Å². The predicted octanol–water partition coefficient (Wildman–Crippen LogP) is 5.17. The van der Waals surface area contributed by atoms with Gasteiger partial charge in [-0.05, 0) is 48.9 Å². The Bertz CT molecular complexity index is 527. The molecule has 0 aliphatic rings. The zero-order valence-electron chi connectivity index (χ0n) is 12.4. The third-order valence-corrected chi connectivity index (χ3v) is 3.73. The van der Waals surface area contributed by atoms with E-state index in [2.05, 4.69) is 69.4 Å². The normalized spacial score (nSPS) is 10.5. The molecule has 0 amide bonds. The second kappa shape index (κ2) is 5.92. The van der Waals surface area contributed by atoms with E-state index in [1.807, 2.05) is 0 Å². The van der Waals surface area contributed by atoms with Gasteiger partial charge in [-0.25, -0.2) is 0 Å². The molecule has 0 heterocycles. The lowest BCUT2D eigenvalue weighted by Crippen LogP contribution is -2.02. The first kappa shape index (κ1) is 13.7. The highest BCUT2D eigenvalue weighted by Gasteiger charge is 2.09. The fourth-order valence-corrected chi connectivity index (χ4v) is 2.54. The van der Waals surface area contributed by atoms with Crippen LogP contribution in [0.25, 0.3) is 0 Å². The molecule has 100 valence electrons. The van der Waals surface area contributed by atoms with Crippen LogP contribution in [0.15, 0.2) is 36.4 Å². The molecule has 0 fully saturated rings. The average Bonchev–Trinajstić information content (AvgIpc) is 2.42. The van der Waals surface area contributed by atoms with Crippen molar-refractivity contribution in [1.82, 2.24) is 0 Å². The number of anilines is 2. The highest BCUT2D eigenvalue weighted by Crippen LogP contribution is 2.30. The number of aryl methyl sites for hydroxylation is 4. The fraction of sp³-hybridized carbons (Fsp3) is 0.333. The molecule has 1 N–H and O–H groups in total. The van der Waals surface area contributed by atoms with Crippen molar-refractivity contribution >= 4 is 11.4 Å². The van der Waals surface area contributed by atoms with Crippen molar-refractivity contribution in [3.63, 3.8) is 0 Å². The van der Waals surface area contributed by atoms with Crippen molar-refractivity contribution in [2.75, 3.05) is 5.32 Å². The van der Waals surface area contributed by atoms with Crippen molar-refractivity contribution in [2.24, 2.45) is 0 Å². The first-order valence-corrected chi connectivity index (χ1v) is 7.11. The summed E-state index contributed by atoms with van der Waals surface area (Å²) in [6.45, 7) is 8.75. The molecule has 2 aromatic carbocycles. The Hall–Kier alpha value is -1.76. The Morgan fingerprint density at radius 2 is 1.21 bits per heavy atom. The number of benzene rings is 2. The minimum Gasteiger partial charge on any atom is -0.355 e. The molecule has 0 atom stereocenters. The first-order chi connectivity index (χ1) is 9.17. The van der Waals surface area contributed by atoms with Gasteiger partial charge in [-0.1, -0.05) is 50.2 Å². The molecule has 0 aliphatic heterocycles. The van der Waals surface area contributed by atoms with Gasteiger partial charge in [0.25, 0.3) is 0 Å². The van der Waals surface area contributed by atoms with E-state index >= 15 is 0 Å². The van der Waals surface area contributed by atoms with Crippen LogP contribution >= 0.6 is 0 Å². The highest BCUT2D eigenvalue weighted by molar-refractivity contribution is 5.71. The molecule has 0 aliphatic carbocycles.